The van der Waals surface area contributed by atoms with Gasteiger partial charge in [-0.2, -0.15) is 5.10 Å². The quantitative estimate of drug-likeness (QED) is 0.804. The highest BCUT2D eigenvalue weighted by molar-refractivity contribution is 5.95. The molecule has 0 radical (unpaired) electrons. The van der Waals surface area contributed by atoms with Crippen molar-refractivity contribution >= 4 is 11.6 Å². The molecule has 1 amide bonds. The van der Waals surface area contributed by atoms with Crippen molar-refractivity contribution < 1.29 is 4.79 Å². The van der Waals surface area contributed by atoms with Gasteiger partial charge in [0.2, 0.25) is 5.91 Å². The summed E-state index contributed by atoms with van der Waals surface area (Å²) < 4.78 is 1.75. The summed E-state index contributed by atoms with van der Waals surface area (Å²) in [5.41, 5.74) is 8.28. The van der Waals surface area contributed by atoms with Crippen LogP contribution in [0, 0.1) is 13.8 Å². The van der Waals surface area contributed by atoms with E-state index in [4.69, 9.17) is 5.73 Å². The molecule has 0 spiro atoms. The summed E-state index contributed by atoms with van der Waals surface area (Å²) >= 11 is 0. The van der Waals surface area contributed by atoms with Crippen LogP contribution in [-0.4, -0.2) is 21.7 Å². The summed E-state index contributed by atoms with van der Waals surface area (Å²) in [7, 11) is 1.85. The molecule has 0 bridgehead atoms. The molecule has 0 aliphatic carbocycles. The van der Waals surface area contributed by atoms with Gasteiger partial charge in [0.25, 0.3) is 0 Å². The van der Waals surface area contributed by atoms with E-state index in [1.165, 1.54) is 0 Å². The number of aryl methyl sites for hydroxylation is 2. The van der Waals surface area contributed by atoms with E-state index in [9.17, 15) is 4.79 Å². The van der Waals surface area contributed by atoms with Crippen LogP contribution in [0.5, 0.6) is 0 Å². The van der Waals surface area contributed by atoms with Gasteiger partial charge in [0.15, 0.2) is 0 Å². The minimum atomic E-state index is -0.441. The highest BCUT2D eigenvalue weighted by Gasteiger charge is 2.16. The van der Waals surface area contributed by atoms with Crippen LogP contribution in [-0.2, 0) is 11.8 Å². The molecule has 5 nitrogen and oxygen atoms in total. The van der Waals surface area contributed by atoms with Gasteiger partial charge in [0.05, 0.1) is 23.1 Å². The lowest BCUT2D eigenvalue weighted by Gasteiger charge is -2.11. The van der Waals surface area contributed by atoms with E-state index < -0.39 is 6.04 Å². The number of hydrogen-bond acceptors (Lipinski definition) is 3. The van der Waals surface area contributed by atoms with Crippen LogP contribution < -0.4 is 11.1 Å². The van der Waals surface area contributed by atoms with Gasteiger partial charge < -0.3 is 11.1 Å². The van der Waals surface area contributed by atoms with Crippen molar-refractivity contribution in [1.82, 2.24) is 9.78 Å². The minimum absolute atomic E-state index is 0.138. The van der Waals surface area contributed by atoms with E-state index in [1.54, 1.807) is 4.68 Å². The van der Waals surface area contributed by atoms with Gasteiger partial charge >= 0.3 is 0 Å². The number of amides is 1. The van der Waals surface area contributed by atoms with Gasteiger partial charge in [-0.25, -0.2) is 0 Å². The van der Waals surface area contributed by atoms with Gasteiger partial charge in [-0.05, 0) is 20.3 Å². The second-order valence-electron chi connectivity index (χ2n) is 4.05. The molecule has 0 aromatic carbocycles. The van der Waals surface area contributed by atoms with Crippen molar-refractivity contribution in [1.29, 1.82) is 0 Å². The Morgan fingerprint density at radius 2 is 2.19 bits per heavy atom. The van der Waals surface area contributed by atoms with Crippen molar-refractivity contribution in [2.45, 2.75) is 39.7 Å². The molecule has 1 aromatic heterocycles. The monoisotopic (exact) mass is 224 g/mol. The maximum absolute atomic E-state index is 11.7. The topological polar surface area (TPSA) is 72.9 Å². The van der Waals surface area contributed by atoms with E-state index in [0.29, 0.717) is 6.42 Å². The van der Waals surface area contributed by atoms with Gasteiger partial charge in [-0.3, -0.25) is 9.48 Å². The number of nitrogens with zero attached hydrogens (tertiary/aromatic N) is 2. The van der Waals surface area contributed by atoms with Crippen molar-refractivity contribution in [3.8, 4) is 0 Å². The molecular formula is C11H20N4O. The lowest BCUT2D eigenvalue weighted by molar-refractivity contribution is -0.117. The number of carbonyl (C=O) groups is 1. The number of carbonyl (C=O) groups excluding carboxylic acids is 1. The first-order valence-corrected chi connectivity index (χ1v) is 5.54. The number of rotatable bonds is 4. The Hall–Kier alpha value is -1.36. The molecule has 16 heavy (non-hydrogen) atoms. The maximum atomic E-state index is 11.7. The predicted molar refractivity (Wildman–Crippen MR) is 64.2 cm³/mol. The lowest BCUT2D eigenvalue weighted by atomic mass is 10.1. The van der Waals surface area contributed by atoms with Crippen molar-refractivity contribution in [3.05, 3.63) is 11.4 Å². The Bertz CT molecular complexity index is 384. The number of aromatic nitrogens is 2. The summed E-state index contributed by atoms with van der Waals surface area (Å²) in [6, 6.07) is -0.441. The smallest absolute Gasteiger partial charge is 0.241 e. The first kappa shape index (κ1) is 12.7. The summed E-state index contributed by atoms with van der Waals surface area (Å²) in [6.45, 7) is 5.79. The molecule has 0 aliphatic heterocycles. The second kappa shape index (κ2) is 5.12. The van der Waals surface area contributed by atoms with E-state index in [0.717, 1.165) is 23.5 Å². The predicted octanol–water partition coefficient (Wildman–Crippen LogP) is 1.10. The fourth-order valence-corrected chi connectivity index (χ4v) is 1.61. The molecule has 0 fully saturated rings. The summed E-state index contributed by atoms with van der Waals surface area (Å²) in [4.78, 5) is 11.7. The van der Waals surface area contributed by atoms with Gasteiger partial charge in [-0.15, -0.1) is 0 Å². The highest BCUT2D eigenvalue weighted by atomic mass is 16.2. The third-order valence-corrected chi connectivity index (χ3v) is 2.69. The Labute approximate surface area is 96.0 Å². The number of anilines is 1. The molecule has 1 unspecified atom stereocenters. The first-order chi connectivity index (χ1) is 7.47. The number of nitrogens with two attached hydrogens (primary N) is 1. The maximum Gasteiger partial charge on any atom is 0.241 e. The molecule has 90 valence electrons. The molecular weight excluding hydrogens is 204 g/mol. The number of hydrogen-bond donors (Lipinski definition) is 2. The van der Waals surface area contributed by atoms with Crippen LogP contribution in [0.2, 0.25) is 0 Å². The molecule has 0 aliphatic rings. The average Bonchev–Trinajstić information content (AvgIpc) is 2.45. The van der Waals surface area contributed by atoms with Crippen molar-refractivity contribution in [3.63, 3.8) is 0 Å². The van der Waals surface area contributed by atoms with Gasteiger partial charge in [0.1, 0.15) is 0 Å². The molecule has 1 atom stereocenters. The fourth-order valence-electron chi connectivity index (χ4n) is 1.61. The standard InChI is InChI=1S/C11H20N4O/c1-5-6-9(12)11(16)13-10-7(2)14-15(4)8(10)3/h9H,5-6,12H2,1-4H3,(H,13,16). The molecule has 5 heteroatoms. The zero-order valence-electron chi connectivity index (χ0n) is 10.4. The fraction of sp³-hybridized carbons (Fsp3) is 0.636. The molecule has 3 N–H and O–H groups in total. The van der Waals surface area contributed by atoms with Crippen LogP contribution in [0.25, 0.3) is 0 Å². The SMILES string of the molecule is CCCC(N)C(=O)Nc1c(C)nn(C)c1C. The zero-order chi connectivity index (χ0) is 12.3. The third kappa shape index (κ3) is 2.61. The Kier molecular flexibility index (Phi) is 4.06. The van der Waals surface area contributed by atoms with Crippen LogP contribution in [0.4, 0.5) is 5.69 Å². The third-order valence-electron chi connectivity index (χ3n) is 2.69. The van der Waals surface area contributed by atoms with Gasteiger partial charge in [-0.1, -0.05) is 13.3 Å². The normalized spacial score (nSPS) is 12.6. The zero-order valence-corrected chi connectivity index (χ0v) is 10.4. The van der Waals surface area contributed by atoms with E-state index in [2.05, 4.69) is 10.4 Å². The highest BCUT2D eigenvalue weighted by Crippen LogP contribution is 2.18. The van der Waals surface area contributed by atoms with Crippen LogP contribution in [0.15, 0.2) is 0 Å². The van der Waals surface area contributed by atoms with Crippen LogP contribution in [0.3, 0.4) is 0 Å². The molecule has 1 aromatic rings. The van der Waals surface area contributed by atoms with E-state index in [1.807, 2.05) is 27.8 Å². The van der Waals surface area contributed by atoms with Crippen molar-refractivity contribution in [2.24, 2.45) is 12.8 Å². The molecule has 1 heterocycles. The molecule has 0 saturated heterocycles. The molecule has 1 rings (SSSR count). The van der Waals surface area contributed by atoms with E-state index in [-0.39, 0.29) is 5.91 Å². The van der Waals surface area contributed by atoms with E-state index >= 15 is 0 Å². The van der Waals surface area contributed by atoms with Crippen molar-refractivity contribution in [2.75, 3.05) is 5.32 Å². The Balaban J connectivity index is 2.77. The Morgan fingerprint density at radius 3 is 2.62 bits per heavy atom. The minimum Gasteiger partial charge on any atom is -0.322 e. The summed E-state index contributed by atoms with van der Waals surface area (Å²) in [6.07, 6.45) is 1.60. The van der Waals surface area contributed by atoms with Crippen LogP contribution >= 0.6 is 0 Å². The second-order valence-corrected chi connectivity index (χ2v) is 4.05. The summed E-state index contributed by atoms with van der Waals surface area (Å²) in [5.74, 6) is -0.138. The van der Waals surface area contributed by atoms with Gasteiger partial charge in [0, 0.05) is 7.05 Å². The Morgan fingerprint density at radius 1 is 1.56 bits per heavy atom. The number of nitrogens with one attached hydrogen (secondary N) is 1. The van der Waals surface area contributed by atoms with Crippen LogP contribution in [0.1, 0.15) is 31.2 Å². The largest absolute Gasteiger partial charge is 0.322 e. The molecule has 0 saturated carbocycles. The summed E-state index contributed by atoms with van der Waals surface area (Å²) in [5, 5.41) is 7.07. The lowest BCUT2D eigenvalue weighted by Crippen LogP contribution is -2.35. The average molecular weight is 224 g/mol. The first-order valence-electron chi connectivity index (χ1n) is 5.54.